The maximum Gasteiger partial charge on any atom is 0.407 e. The van der Waals surface area contributed by atoms with Crippen LogP contribution in [0.5, 0.6) is 0 Å². The molecule has 1 rings (SSSR count). The monoisotopic (exact) mass is 158 g/mol. The summed E-state index contributed by atoms with van der Waals surface area (Å²) in [6.07, 6.45) is 2.46. The molecule has 0 radical (unpaired) electrons. The molecule has 0 aromatic carbocycles. The summed E-state index contributed by atoms with van der Waals surface area (Å²) in [4.78, 5) is 10.7. The van der Waals surface area contributed by atoms with Crippen molar-refractivity contribution in [3.8, 4) is 0 Å². The average molecular weight is 158 g/mol. The smallest absolute Gasteiger partial charge is 0.407 e. The van der Waals surface area contributed by atoms with E-state index in [0.29, 0.717) is 0 Å². The van der Waals surface area contributed by atoms with E-state index in [1.54, 1.807) is 7.05 Å². The third-order valence-corrected chi connectivity index (χ3v) is 1.97. The van der Waals surface area contributed by atoms with Crippen LogP contribution < -0.4 is 11.1 Å². The Morgan fingerprint density at radius 2 is 2.36 bits per heavy atom. The Hall–Kier alpha value is -0.770. The van der Waals surface area contributed by atoms with Crippen molar-refractivity contribution in [3.63, 3.8) is 0 Å². The lowest BCUT2D eigenvalue weighted by Crippen LogP contribution is -2.35. The van der Waals surface area contributed by atoms with E-state index in [9.17, 15) is 4.79 Å². The van der Waals surface area contributed by atoms with Gasteiger partial charge in [-0.1, -0.05) is 0 Å². The molecule has 2 unspecified atom stereocenters. The first kappa shape index (κ1) is 8.33. The van der Waals surface area contributed by atoms with Gasteiger partial charge in [-0.3, -0.25) is 0 Å². The molecule has 3 N–H and O–H groups in total. The fourth-order valence-corrected chi connectivity index (χ4v) is 1.30. The number of hydrogen-bond donors (Lipinski definition) is 2. The zero-order valence-electron chi connectivity index (χ0n) is 6.67. The Labute approximate surface area is 66.1 Å². The molecule has 1 fully saturated rings. The van der Waals surface area contributed by atoms with Gasteiger partial charge in [0.1, 0.15) is 6.10 Å². The summed E-state index contributed by atoms with van der Waals surface area (Å²) in [5, 5.41) is 2.40. The number of carbonyl (C=O) groups excluding carboxylic acids is 1. The third kappa shape index (κ3) is 2.08. The Balaban J connectivity index is 2.30. The summed E-state index contributed by atoms with van der Waals surface area (Å²) in [7, 11) is 1.54. The SMILES string of the molecule is CNC(=O)OC1CCCC1N. The molecule has 1 saturated carbocycles. The van der Waals surface area contributed by atoms with Crippen molar-refractivity contribution in [2.24, 2.45) is 5.73 Å². The quantitative estimate of drug-likeness (QED) is 0.574. The van der Waals surface area contributed by atoms with Gasteiger partial charge < -0.3 is 15.8 Å². The third-order valence-electron chi connectivity index (χ3n) is 1.97. The standard InChI is InChI=1S/C7H14N2O2/c1-9-7(10)11-6-4-2-3-5(6)8/h5-6H,2-4,8H2,1H3,(H,9,10). The lowest BCUT2D eigenvalue weighted by Gasteiger charge is -2.15. The second-order valence-electron chi connectivity index (χ2n) is 2.79. The number of carbonyl (C=O) groups is 1. The van der Waals surface area contributed by atoms with Gasteiger partial charge in [0.05, 0.1) is 0 Å². The van der Waals surface area contributed by atoms with Crippen LogP contribution in [0.3, 0.4) is 0 Å². The summed E-state index contributed by atoms with van der Waals surface area (Å²) in [5.41, 5.74) is 5.68. The van der Waals surface area contributed by atoms with Gasteiger partial charge in [-0.05, 0) is 19.3 Å². The van der Waals surface area contributed by atoms with Gasteiger partial charge in [0.2, 0.25) is 0 Å². The van der Waals surface area contributed by atoms with Gasteiger partial charge in [-0.15, -0.1) is 0 Å². The lowest BCUT2D eigenvalue weighted by molar-refractivity contribution is 0.0945. The van der Waals surface area contributed by atoms with Crippen LogP contribution in [0.1, 0.15) is 19.3 Å². The van der Waals surface area contributed by atoms with Gasteiger partial charge in [-0.25, -0.2) is 4.79 Å². The Morgan fingerprint density at radius 3 is 2.82 bits per heavy atom. The maximum atomic E-state index is 10.7. The molecule has 1 aliphatic carbocycles. The topological polar surface area (TPSA) is 64.3 Å². The molecule has 0 spiro atoms. The Kier molecular flexibility index (Phi) is 2.70. The predicted octanol–water partition coefficient (Wildman–Crippen LogP) is 0.222. The van der Waals surface area contributed by atoms with Crippen LogP contribution >= 0.6 is 0 Å². The molecule has 1 aliphatic rings. The Bertz CT molecular complexity index is 149. The van der Waals surface area contributed by atoms with Crippen molar-refractivity contribution in [1.82, 2.24) is 5.32 Å². The fraction of sp³-hybridized carbons (Fsp3) is 0.857. The first-order valence-corrected chi connectivity index (χ1v) is 3.88. The summed E-state index contributed by atoms with van der Waals surface area (Å²) in [5.74, 6) is 0. The molecule has 0 heterocycles. The maximum absolute atomic E-state index is 10.7. The molecule has 0 aromatic heterocycles. The summed E-state index contributed by atoms with van der Waals surface area (Å²) in [6.45, 7) is 0. The minimum atomic E-state index is -0.382. The number of nitrogens with one attached hydrogen (secondary N) is 1. The van der Waals surface area contributed by atoms with Crippen molar-refractivity contribution in [1.29, 1.82) is 0 Å². The zero-order valence-corrected chi connectivity index (χ0v) is 6.67. The molecule has 4 nitrogen and oxygen atoms in total. The van der Waals surface area contributed by atoms with Crippen molar-refractivity contribution >= 4 is 6.09 Å². The molecule has 64 valence electrons. The number of hydrogen-bond acceptors (Lipinski definition) is 3. The number of ether oxygens (including phenoxy) is 1. The van der Waals surface area contributed by atoms with Crippen molar-refractivity contribution < 1.29 is 9.53 Å². The molecular weight excluding hydrogens is 144 g/mol. The van der Waals surface area contributed by atoms with E-state index in [2.05, 4.69) is 5.32 Å². The van der Waals surface area contributed by atoms with Crippen LogP contribution in [0.15, 0.2) is 0 Å². The minimum absolute atomic E-state index is 0.0345. The molecule has 11 heavy (non-hydrogen) atoms. The van der Waals surface area contributed by atoms with Gasteiger partial charge in [0, 0.05) is 13.1 Å². The average Bonchev–Trinajstić information content (AvgIpc) is 2.37. The zero-order chi connectivity index (χ0) is 8.27. The second kappa shape index (κ2) is 3.57. The largest absolute Gasteiger partial charge is 0.445 e. The molecule has 4 heteroatoms. The van der Waals surface area contributed by atoms with E-state index in [1.165, 1.54) is 0 Å². The van der Waals surface area contributed by atoms with Crippen molar-refractivity contribution in [3.05, 3.63) is 0 Å². The fourth-order valence-electron chi connectivity index (χ4n) is 1.30. The van der Waals surface area contributed by atoms with Crippen LogP contribution in [0.2, 0.25) is 0 Å². The highest BCUT2D eigenvalue weighted by Gasteiger charge is 2.26. The minimum Gasteiger partial charge on any atom is -0.445 e. The van der Waals surface area contributed by atoms with Gasteiger partial charge >= 0.3 is 6.09 Å². The van der Waals surface area contributed by atoms with Crippen LogP contribution in [-0.2, 0) is 4.74 Å². The number of amides is 1. The summed E-state index contributed by atoms with van der Waals surface area (Å²) < 4.78 is 5.00. The molecule has 1 amide bonds. The first-order valence-electron chi connectivity index (χ1n) is 3.88. The van der Waals surface area contributed by atoms with E-state index in [-0.39, 0.29) is 18.2 Å². The normalized spacial score (nSPS) is 30.0. The van der Waals surface area contributed by atoms with Gasteiger partial charge in [-0.2, -0.15) is 0 Å². The molecule has 2 atom stereocenters. The molecule has 0 aliphatic heterocycles. The van der Waals surface area contributed by atoms with Crippen molar-refractivity contribution in [2.75, 3.05) is 7.05 Å². The van der Waals surface area contributed by atoms with Crippen LogP contribution in [0.4, 0.5) is 4.79 Å². The van der Waals surface area contributed by atoms with E-state index in [0.717, 1.165) is 19.3 Å². The molecule has 0 saturated heterocycles. The number of rotatable bonds is 1. The number of alkyl carbamates (subject to hydrolysis) is 1. The molecule has 0 bridgehead atoms. The summed E-state index contributed by atoms with van der Waals surface area (Å²) in [6, 6.07) is 0.0345. The highest BCUT2D eigenvalue weighted by molar-refractivity contribution is 5.66. The van der Waals surface area contributed by atoms with Crippen molar-refractivity contribution in [2.45, 2.75) is 31.4 Å². The van der Waals surface area contributed by atoms with E-state index < -0.39 is 0 Å². The number of nitrogens with two attached hydrogens (primary N) is 1. The van der Waals surface area contributed by atoms with Crippen LogP contribution in [0.25, 0.3) is 0 Å². The van der Waals surface area contributed by atoms with E-state index >= 15 is 0 Å². The predicted molar refractivity (Wildman–Crippen MR) is 41.2 cm³/mol. The lowest BCUT2D eigenvalue weighted by atomic mass is 10.2. The van der Waals surface area contributed by atoms with E-state index in [4.69, 9.17) is 10.5 Å². The Morgan fingerprint density at radius 1 is 1.64 bits per heavy atom. The molecular formula is C7H14N2O2. The van der Waals surface area contributed by atoms with Gasteiger partial charge in [0.25, 0.3) is 0 Å². The van der Waals surface area contributed by atoms with Crippen LogP contribution in [0, 0.1) is 0 Å². The highest BCUT2D eigenvalue weighted by Crippen LogP contribution is 2.19. The molecule has 0 aromatic rings. The summed E-state index contributed by atoms with van der Waals surface area (Å²) >= 11 is 0. The van der Waals surface area contributed by atoms with E-state index in [1.807, 2.05) is 0 Å². The van der Waals surface area contributed by atoms with Gasteiger partial charge in [0.15, 0.2) is 0 Å². The van der Waals surface area contributed by atoms with Crippen LogP contribution in [-0.4, -0.2) is 25.3 Å². The second-order valence-corrected chi connectivity index (χ2v) is 2.79. The highest BCUT2D eigenvalue weighted by atomic mass is 16.6. The first-order chi connectivity index (χ1) is 5.24.